The highest BCUT2D eigenvalue weighted by atomic mass is 32.2. The first-order valence-corrected chi connectivity index (χ1v) is 3.64. The van der Waals surface area contributed by atoms with E-state index in [9.17, 15) is 0 Å². The minimum atomic E-state index is 0.493. The van der Waals surface area contributed by atoms with Gasteiger partial charge in [0.2, 0.25) is 0 Å². The maximum atomic E-state index is 5.32. The zero-order chi connectivity index (χ0) is 6.57. The van der Waals surface area contributed by atoms with Gasteiger partial charge in [-0.3, -0.25) is 5.14 Å². The average Bonchev–Trinajstić information content (AvgIpc) is 1.84. The van der Waals surface area contributed by atoms with Crippen molar-refractivity contribution in [3.8, 4) is 0 Å². The Kier molecular flexibility index (Phi) is 4.01. The van der Waals surface area contributed by atoms with E-state index >= 15 is 0 Å². The van der Waals surface area contributed by atoms with E-state index in [1.54, 1.807) is 0 Å². The summed E-state index contributed by atoms with van der Waals surface area (Å²) in [6.07, 6.45) is 1.92. The summed E-state index contributed by atoms with van der Waals surface area (Å²) in [5.74, 6) is 0.519. The largest absolute Gasteiger partial charge is 0.278 e. The van der Waals surface area contributed by atoms with Crippen molar-refractivity contribution in [1.29, 1.82) is 0 Å². The maximum Gasteiger partial charge on any atom is 0.0222 e. The van der Waals surface area contributed by atoms with Crippen molar-refractivity contribution in [2.24, 2.45) is 11.1 Å². The van der Waals surface area contributed by atoms with Crippen molar-refractivity contribution in [3.05, 3.63) is 12.7 Å². The summed E-state index contributed by atoms with van der Waals surface area (Å²) in [4.78, 5) is 0. The van der Waals surface area contributed by atoms with Crippen LogP contribution in [0.1, 0.15) is 13.8 Å². The van der Waals surface area contributed by atoms with Crippen LogP contribution in [-0.4, -0.2) is 5.25 Å². The van der Waals surface area contributed by atoms with Crippen molar-refractivity contribution in [2.45, 2.75) is 19.1 Å². The van der Waals surface area contributed by atoms with E-state index in [0.717, 1.165) is 0 Å². The molecule has 2 unspecified atom stereocenters. The van der Waals surface area contributed by atoms with Crippen LogP contribution >= 0.6 is 11.9 Å². The first kappa shape index (κ1) is 8.05. The van der Waals surface area contributed by atoms with Gasteiger partial charge in [0, 0.05) is 5.25 Å². The Morgan fingerprint density at radius 1 is 1.62 bits per heavy atom. The Bertz CT molecular complexity index is 72.9. The first-order chi connectivity index (χ1) is 3.72. The lowest BCUT2D eigenvalue weighted by molar-refractivity contribution is 0.718. The summed E-state index contributed by atoms with van der Waals surface area (Å²) < 4.78 is 0. The average molecular weight is 131 g/mol. The van der Waals surface area contributed by atoms with Gasteiger partial charge < -0.3 is 0 Å². The lowest BCUT2D eigenvalue weighted by Crippen LogP contribution is -2.08. The van der Waals surface area contributed by atoms with Crippen LogP contribution < -0.4 is 5.14 Å². The highest BCUT2D eigenvalue weighted by Crippen LogP contribution is 2.13. The number of rotatable bonds is 3. The second-order valence-electron chi connectivity index (χ2n) is 1.94. The quantitative estimate of drug-likeness (QED) is 0.467. The van der Waals surface area contributed by atoms with Crippen LogP contribution in [0.5, 0.6) is 0 Å². The summed E-state index contributed by atoms with van der Waals surface area (Å²) in [6.45, 7) is 7.86. The summed E-state index contributed by atoms with van der Waals surface area (Å²) in [5, 5.41) is 5.81. The molecule has 2 atom stereocenters. The molecule has 0 aromatic carbocycles. The SMILES string of the molecule is C=CC(C)C(C)SN. The molecule has 0 aromatic rings. The molecular formula is C6H13NS. The highest BCUT2D eigenvalue weighted by molar-refractivity contribution is 7.97. The smallest absolute Gasteiger partial charge is 0.0222 e. The number of nitrogens with two attached hydrogens (primary N) is 1. The fourth-order valence-electron chi connectivity index (χ4n) is 0.316. The Labute approximate surface area is 55.5 Å². The predicted octanol–water partition coefficient (Wildman–Crippen LogP) is 1.80. The molecule has 0 aliphatic carbocycles. The van der Waals surface area contributed by atoms with Crippen molar-refractivity contribution in [3.63, 3.8) is 0 Å². The van der Waals surface area contributed by atoms with E-state index in [4.69, 9.17) is 5.14 Å². The molecule has 0 radical (unpaired) electrons. The summed E-state index contributed by atoms with van der Waals surface area (Å²) in [5.41, 5.74) is 0. The molecule has 0 aliphatic heterocycles. The van der Waals surface area contributed by atoms with Crippen LogP contribution in [0.3, 0.4) is 0 Å². The number of hydrogen-bond acceptors (Lipinski definition) is 2. The van der Waals surface area contributed by atoms with Crippen molar-refractivity contribution in [1.82, 2.24) is 0 Å². The molecule has 8 heavy (non-hydrogen) atoms. The second-order valence-corrected chi connectivity index (χ2v) is 2.95. The third-order valence-corrected chi connectivity index (χ3v) is 2.19. The minimum absolute atomic E-state index is 0.493. The molecular weight excluding hydrogens is 118 g/mol. The third kappa shape index (κ3) is 2.38. The molecule has 0 fully saturated rings. The topological polar surface area (TPSA) is 26.0 Å². The monoisotopic (exact) mass is 131 g/mol. The van der Waals surface area contributed by atoms with E-state index < -0.39 is 0 Å². The number of allylic oxidation sites excluding steroid dienone is 1. The van der Waals surface area contributed by atoms with Gasteiger partial charge in [-0.25, -0.2) is 0 Å². The van der Waals surface area contributed by atoms with Gasteiger partial charge in [-0.1, -0.05) is 31.9 Å². The molecule has 0 spiro atoms. The Hall–Kier alpha value is 0.0500. The van der Waals surface area contributed by atoms with Gasteiger partial charge in [-0.05, 0) is 5.92 Å². The van der Waals surface area contributed by atoms with Crippen LogP contribution in [0.15, 0.2) is 12.7 Å². The van der Waals surface area contributed by atoms with Gasteiger partial charge in [0.1, 0.15) is 0 Å². The highest BCUT2D eigenvalue weighted by Gasteiger charge is 2.05. The molecule has 0 rings (SSSR count). The van der Waals surface area contributed by atoms with Crippen molar-refractivity contribution in [2.75, 3.05) is 0 Å². The van der Waals surface area contributed by atoms with Crippen molar-refractivity contribution >= 4 is 11.9 Å². The molecule has 0 bridgehead atoms. The standard InChI is InChI=1S/C6H13NS/c1-4-5(2)6(3)8-7/h4-6H,1,7H2,2-3H3. The molecule has 1 nitrogen and oxygen atoms in total. The van der Waals surface area contributed by atoms with Gasteiger partial charge in [-0.2, -0.15) is 0 Å². The third-order valence-electron chi connectivity index (χ3n) is 1.33. The van der Waals surface area contributed by atoms with Gasteiger partial charge in [0.25, 0.3) is 0 Å². The van der Waals surface area contributed by atoms with Crippen LogP contribution in [0.4, 0.5) is 0 Å². The molecule has 2 heteroatoms. The molecule has 0 aromatic heterocycles. The minimum Gasteiger partial charge on any atom is -0.278 e. The van der Waals surface area contributed by atoms with E-state index in [1.807, 2.05) is 6.08 Å². The molecule has 0 heterocycles. The maximum absolute atomic E-state index is 5.32. The molecule has 48 valence electrons. The number of hydrogen-bond donors (Lipinski definition) is 1. The molecule has 0 amide bonds. The van der Waals surface area contributed by atoms with Gasteiger partial charge >= 0.3 is 0 Å². The lowest BCUT2D eigenvalue weighted by atomic mass is 10.1. The molecule has 0 saturated heterocycles. The van der Waals surface area contributed by atoms with E-state index in [1.165, 1.54) is 11.9 Å². The summed E-state index contributed by atoms with van der Waals surface area (Å²) in [6, 6.07) is 0. The Morgan fingerprint density at radius 2 is 2.12 bits per heavy atom. The van der Waals surface area contributed by atoms with Crippen LogP contribution in [0.2, 0.25) is 0 Å². The zero-order valence-electron chi connectivity index (χ0n) is 5.42. The first-order valence-electron chi connectivity index (χ1n) is 2.70. The van der Waals surface area contributed by atoms with E-state index in [-0.39, 0.29) is 0 Å². The molecule has 2 N–H and O–H groups in total. The summed E-state index contributed by atoms with van der Waals surface area (Å²) in [7, 11) is 0. The second kappa shape index (κ2) is 3.98. The molecule has 0 saturated carbocycles. The summed E-state index contributed by atoms with van der Waals surface area (Å²) >= 11 is 1.39. The van der Waals surface area contributed by atoms with Crippen LogP contribution in [0, 0.1) is 5.92 Å². The normalized spacial score (nSPS) is 17.4. The van der Waals surface area contributed by atoms with Crippen molar-refractivity contribution < 1.29 is 0 Å². The fraction of sp³-hybridized carbons (Fsp3) is 0.667. The van der Waals surface area contributed by atoms with Crippen LogP contribution in [-0.2, 0) is 0 Å². The van der Waals surface area contributed by atoms with Crippen LogP contribution in [0.25, 0.3) is 0 Å². The Balaban J connectivity index is 3.44. The zero-order valence-corrected chi connectivity index (χ0v) is 6.24. The van der Waals surface area contributed by atoms with E-state index in [0.29, 0.717) is 11.2 Å². The van der Waals surface area contributed by atoms with Gasteiger partial charge in [-0.15, -0.1) is 6.58 Å². The Morgan fingerprint density at radius 3 is 2.25 bits per heavy atom. The molecule has 0 aliphatic rings. The van der Waals surface area contributed by atoms with E-state index in [2.05, 4.69) is 20.4 Å². The fourth-order valence-corrected chi connectivity index (χ4v) is 0.675. The van der Waals surface area contributed by atoms with Gasteiger partial charge in [0.15, 0.2) is 0 Å². The van der Waals surface area contributed by atoms with Gasteiger partial charge in [0.05, 0.1) is 0 Å². The predicted molar refractivity (Wildman–Crippen MR) is 40.6 cm³/mol. The lowest BCUT2D eigenvalue weighted by Gasteiger charge is -2.10.